The molecule has 90 valence electrons. The third-order valence-electron chi connectivity index (χ3n) is 2.54. The fourth-order valence-corrected chi connectivity index (χ4v) is 1.58. The number of ether oxygens (including phenoxy) is 2. The van der Waals surface area contributed by atoms with Gasteiger partial charge in [-0.1, -0.05) is 12.1 Å². The highest BCUT2D eigenvalue weighted by Crippen LogP contribution is 2.18. The quantitative estimate of drug-likeness (QED) is 0.801. The Kier molecular flexibility index (Phi) is 5.29. The largest absolute Gasteiger partial charge is 0.496 e. The number of aryl methyl sites for hydroxylation is 1. The van der Waals surface area contributed by atoms with E-state index in [0.717, 1.165) is 24.5 Å². The lowest BCUT2D eigenvalue weighted by molar-refractivity contribution is 0.171. The topological polar surface area (TPSA) is 30.5 Å². The summed E-state index contributed by atoms with van der Waals surface area (Å²) in [4.78, 5) is 0. The summed E-state index contributed by atoms with van der Waals surface area (Å²) in [5.74, 6) is 0.943. The van der Waals surface area contributed by atoms with Crippen molar-refractivity contribution in [1.29, 1.82) is 0 Å². The molecule has 0 aliphatic rings. The molecule has 1 N–H and O–H groups in total. The Bertz CT molecular complexity index is 326. The van der Waals surface area contributed by atoms with Crippen LogP contribution in [0.3, 0.4) is 0 Å². The van der Waals surface area contributed by atoms with Crippen LogP contribution in [0.4, 0.5) is 0 Å². The van der Waals surface area contributed by atoms with Crippen molar-refractivity contribution >= 4 is 0 Å². The Hall–Kier alpha value is -1.06. The summed E-state index contributed by atoms with van der Waals surface area (Å²) in [6, 6.07) is 6.63. The van der Waals surface area contributed by atoms with Crippen LogP contribution in [0.2, 0.25) is 0 Å². The predicted molar refractivity (Wildman–Crippen MR) is 65.9 cm³/mol. The average molecular weight is 223 g/mol. The van der Waals surface area contributed by atoms with Crippen molar-refractivity contribution in [2.45, 2.75) is 26.4 Å². The first-order chi connectivity index (χ1) is 7.67. The summed E-state index contributed by atoms with van der Waals surface area (Å²) in [6.07, 6.45) is 0. The van der Waals surface area contributed by atoms with Gasteiger partial charge in [-0.25, -0.2) is 0 Å². The van der Waals surface area contributed by atoms with Crippen molar-refractivity contribution in [2.24, 2.45) is 0 Å². The van der Waals surface area contributed by atoms with Crippen LogP contribution < -0.4 is 10.1 Å². The van der Waals surface area contributed by atoms with E-state index in [1.807, 2.05) is 6.92 Å². The Morgan fingerprint density at radius 2 is 2.06 bits per heavy atom. The number of hydrogen-bond donors (Lipinski definition) is 1. The zero-order valence-electron chi connectivity index (χ0n) is 10.5. The van der Waals surface area contributed by atoms with Crippen LogP contribution in [0.5, 0.6) is 5.75 Å². The Morgan fingerprint density at radius 3 is 2.69 bits per heavy atom. The summed E-state index contributed by atoms with van der Waals surface area (Å²) in [7, 11) is 3.42. The highest BCUT2D eigenvalue weighted by molar-refractivity contribution is 5.36. The molecule has 0 bridgehead atoms. The molecule has 0 aliphatic heterocycles. The number of nitrogens with one attached hydrogen (secondary N) is 1. The van der Waals surface area contributed by atoms with E-state index in [9.17, 15) is 0 Å². The summed E-state index contributed by atoms with van der Waals surface area (Å²) in [6.45, 7) is 5.71. The van der Waals surface area contributed by atoms with Crippen LogP contribution >= 0.6 is 0 Å². The van der Waals surface area contributed by atoms with Crippen LogP contribution in [0.15, 0.2) is 18.2 Å². The molecule has 1 atom stereocenters. The van der Waals surface area contributed by atoms with Gasteiger partial charge in [0.25, 0.3) is 0 Å². The van der Waals surface area contributed by atoms with Gasteiger partial charge in [-0.2, -0.15) is 0 Å². The van der Waals surface area contributed by atoms with Crippen LogP contribution in [-0.2, 0) is 11.3 Å². The molecule has 0 saturated carbocycles. The molecule has 0 amide bonds. The van der Waals surface area contributed by atoms with Gasteiger partial charge in [-0.3, -0.25) is 0 Å². The normalized spacial score (nSPS) is 12.5. The molecule has 0 spiro atoms. The molecule has 0 aromatic heterocycles. The molecule has 0 fully saturated rings. The molecule has 1 unspecified atom stereocenters. The molecule has 3 nitrogen and oxygen atoms in total. The summed E-state index contributed by atoms with van der Waals surface area (Å²) in [5, 5.41) is 3.39. The molecule has 1 aromatic carbocycles. The minimum Gasteiger partial charge on any atom is -0.496 e. The van der Waals surface area contributed by atoms with Crippen molar-refractivity contribution in [2.75, 3.05) is 20.8 Å². The molecule has 3 heteroatoms. The van der Waals surface area contributed by atoms with Gasteiger partial charge in [-0.05, 0) is 31.0 Å². The summed E-state index contributed by atoms with van der Waals surface area (Å²) >= 11 is 0. The SMILES string of the molecule is COCC(C)NCc1ccc(C)c(OC)c1. The number of rotatable bonds is 6. The van der Waals surface area contributed by atoms with Gasteiger partial charge >= 0.3 is 0 Å². The molecule has 1 rings (SSSR count). The van der Waals surface area contributed by atoms with Crippen molar-refractivity contribution in [3.8, 4) is 5.75 Å². The first kappa shape index (κ1) is 13.0. The van der Waals surface area contributed by atoms with E-state index in [2.05, 4.69) is 30.4 Å². The van der Waals surface area contributed by atoms with Gasteiger partial charge in [0.05, 0.1) is 13.7 Å². The molecule has 1 aromatic rings. The van der Waals surface area contributed by atoms with Crippen molar-refractivity contribution in [1.82, 2.24) is 5.32 Å². The predicted octanol–water partition coefficient (Wildman–Crippen LogP) is 2.13. The number of methoxy groups -OCH3 is 2. The molecular weight excluding hydrogens is 202 g/mol. The van der Waals surface area contributed by atoms with E-state index in [1.165, 1.54) is 5.56 Å². The van der Waals surface area contributed by atoms with Gasteiger partial charge in [0.1, 0.15) is 5.75 Å². The number of benzene rings is 1. The van der Waals surface area contributed by atoms with Gasteiger partial charge in [-0.15, -0.1) is 0 Å². The molecule has 0 heterocycles. The summed E-state index contributed by atoms with van der Waals surface area (Å²) in [5.41, 5.74) is 2.39. The fraction of sp³-hybridized carbons (Fsp3) is 0.538. The Balaban J connectivity index is 2.54. The van der Waals surface area contributed by atoms with Gasteiger partial charge in [0, 0.05) is 19.7 Å². The van der Waals surface area contributed by atoms with E-state index in [0.29, 0.717) is 6.04 Å². The highest BCUT2D eigenvalue weighted by atomic mass is 16.5. The maximum Gasteiger partial charge on any atom is 0.122 e. The zero-order chi connectivity index (χ0) is 12.0. The van der Waals surface area contributed by atoms with Gasteiger partial charge in [0.15, 0.2) is 0 Å². The van der Waals surface area contributed by atoms with Crippen LogP contribution in [0, 0.1) is 6.92 Å². The Labute approximate surface area is 97.8 Å². The first-order valence-electron chi connectivity index (χ1n) is 5.53. The number of hydrogen-bond acceptors (Lipinski definition) is 3. The standard InChI is InChI=1S/C13H21NO2/c1-10-5-6-12(7-13(10)16-4)8-14-11(2)9-15-3/h5-7,11,14H,8-9H2,1-4H3. The maximum absolute atomic E-state index is 5.29. The second-order valence-corrected chi connectivity index (χ2v) is 4.04. The zero-order valence-corrected chi connectivity index (χ0v) is 10.5. The van der Waals surface area contributed by atoms with Gasteiger partial charge < -0.3 is 14.8 Å². The van der Waals surface area contributed by atoms with Crippen LogP contribution in [-0.4, -0.2) is 26.9 Å². The van der Waals surface area contributed by atoms with E-state index in [4.69, 9.17) is 9.47 Å². The van der Waals surface area contributed by atoms with E-state index in [1.54, 1.807) is 14.2 Å². The van der Waals surface area contributed by atoms with E-state index < -0.39 is 0 Å². The second-order valence-electron chi connectivity index (χ2n) is 4.04. The highest BCUT2D eigenvalue weighted by Gasteiger charge is 2.03. The lowest BCUT2D eigenvalue weighted by Crippen LogP contribution is -2.29. The fourth-order valence-electron chi connectivity index (χ4n) is 1.58. The monoisotopic (exact) mass is 223 g/mol. The van der Waals surface area contributed by atoms with Crippen LogP contribution in [0.1, 0.15) is 18.1 Å². The summed E-state index contributed by atoms with van der Waals surface area (Å²) < 4.78 is 10.4. The average Bonchev–Trinajstić information content (AvgIpc) is 2.28. The molecule has 0 saturated heterocycles. The minimum absolute atomic E-state index is 0.359. The lowest BCUT2D eigenvalue weighted by atomic mass is 10.1. The Morgan fingerprint density at radius 1 is 1.31 bits per heavy atom. The van der Waals surface area contributed by atoms with Crippen LogP contribution in [0.25, 0.3) is 0 Å². The van der Waals surface area contributed by atoms with Crippen molar-refractivity contribution in [3.63, 3.8) is 0 Å². The lowest BCUT2D eigenvalue weighted by Gasteiger charge is -2.13. The first-order valence-corrected chi connectivity index (χ1v) is 5.53. The maximum atomic E-state index is 5.29. The molecular formula is C13H21NO2. The van der Waals surface area contributed by atoms with E-state index in [-0.39, 0.29) is 0 Å². The minimum atomic E-state index is 0.359. The second kappa shape index (κ2) is 6.51. The van der Waals surface area contributed by atoms with E-state index >= 15 is 0 Å². The van der Waals surface area contributed by atoms with Crippen molar-refractivity contribution < 1.29 is 9.47 Å². The molecule has 16 heavy (non-hydrogen) atoms. The molecule has 0 aliphatic carbocycles. The van der Waals surface area contributed by atoms with Gasteiger partial charge in [0.2, 0.25) is 0 Å². The van der Waals surface area contributed by atoms with Crippen molar-refractivity contribution in [3.05, 3.63) is 29.3 Å². The smallest absolute Gasteiger partial charge is 0.122 e. The third-order valence-corrected chi connectivity index (χ3v) is 2.54. The third kappa shape index (κ3) is 3.83. The molecule has 0 radical (unpaired) electrons.